The van der Waals surface area contributed by atoms with Gasteiger partial charge < -0.3 is 10.6 Å². The molecule has 4 heterocycles. The van der Waals surface area contributed by atoms with Crippen molar-refractivity contribution in [2.75, 3.05) is 10.6 Å². The molecule has 2 aliphatic heterocycles. The number of benzene rings is 2. The Labute approximate surface area is 302 Å². The van der Waals surface area contributed by atoms with Crippen molar-refractivity contribution in [3.63, 3.8) is 0 Å². The highest BCUT2D eigenvalue weighted by Crippen LogP contribution is 2.68. The fraction of sp³-hybridized carbons (Fsp3) is 0.409. The van der Waals surface area contributed by atoms with Crippen LogP contribution in [0.2, 0.25) is 0 Å². The fourth-order valence-electron chi connectivity index (χ4n) is 12.2. The van der Waals surface area contributed by atoms with Crippen LogP contribution in [0, 0.1) is 10.8 Å². The minimum absolute atomic E-state index is 0.0736. The smallest absolute Gasteiger partial charge is 0.146 e. The first-order valence-electron chi connectivity index (χ1n) is 18.8. The van der Waals surface area contributed by atoms with Crippen LogP contribution in [0.5, 0.6) is 0 Å². The van der Waals surface area contributed by atoms with Crippen LogP contribution in [0.3, 0.4) is 0 Å². The Balaban J connectivity index is 0.979. The lowest BCUT2D eigenvalue weighted by Gasteiger charge is -2.45. The van der Waals surface area contributed by atoms with Gasteiger partial charge in [-0.3, -0.25) is 0 Å². The third kappa shape index (κ3) is 3.53. The molecule has 0 saturated carbocycles. The van der Waals surface area contributed by atoms with Gasteiger partial charge in [-0.25, -0.2) is 9.97 Å². The van der Waals surface area contributed by atoms with Gasteiger partial charge in [0.2, 0.25) is 0 Å². The molecule has 3 atom stereocenters. The molecule has 12 rings (SSSR count). The van der Waals surface area contributed by atoms with E-state index in [1.807, 2.05) is 22.7 Å². The summed E-state index contributed by atoms with van der Waals surface area (Å²) in [5, 5.41) is 9.26. The highest BCUT2D eigenvalue weighted by molar-refractivity contribution is 7.12. The molecule has 2 spiro atoms. The predicted molar refractivity (Wildman–Crippen MR) is 204 cm³/mol. The van der Waals surface area contributed by atoms with Crippen LogP contribution in [-0.2, 0) is 30.1 Å². The van der Waals surface area contributed by atoms with E-state index in [4.69, 9.17) is 9.97 Å². The van der Waals surface area contributed by atoms with Crippen molar-refractivity contribution in [2.24, 2.45) is 10.8 Å². The third-order valence-corrected chi connectivity index (χ3v) is 16.1. The zero-order valence-electron chi connectivity index (χ0n) is 29.2. The number of allylic oxidation sites excluding steroid dienone is 8. The lowest BCUT2D eigenvalue weighted by molar-refractivity contribution is 0.301. The monoisotopic (exact) mass is 690 g/mol. The van der Waals surface area contributed by atoms with Gasteiger partial charge in [0.05, 0.1) is 31.1 Å². The minimum Gasteiger partial charge on any atom is -0.342 e. The second-order valence-corrected chi connectivity index (χ2v) is 19.7. The summed E-state index contributed by atoms with van der Waals surface area (Å²) in [5.74, 6) is 2.24. The molecule has 250 valence electrons. The van der Waals surface area contributed by atoms with Crippen molar-refractivity contribution in [2.45, 2.75) is 102 Å². The first-order chi connectivity index (χ1) is 24.2. The van der Waals surface area contributed by atoms with Crippen LogP contribution in [0.15, 0.2) is 98.9 Å². The highest BCUT2D eigenvalue weighted by atomic mass is 32.1. The summed E-state index contributed by atoms with van der Waals surface area (Å²) in [6, 6.07) is 18.7. The van der Waals surface area contributed by atoms with E-state index in [2.05, 4.69) is 85.4 Å². The molecular weight excluding hydrogens is 649 g/mol. The number of anilines is 2. The maximum atomic E-state index is 5.59. The lowest BCUT2D eigenvalue weighted by Crippen LogP contribution is -2.38. The van der Waals surface area contributed by atoms with Crippen molar-refractivity contribution in [1.82, 2.24) is 9.97 Å². The highest BCUT2D eigenvalue weighted by Gasteiger charge is 2.58. The third-order valence-electron chi connectivity index (χ3n) is 13.9. The zero-order chi connectivity index (χ0) is 33.2. The van der Waals surface area contributed by atoms with Crippen LogP contribution in [-0.4, -0.2) is 9.97 Å². The molecule has 50 heavy (non-hydrogen) atoms. The summed E-state index contributed by atoms with van der Waals surface area (Å²) < 4.78 is 0. The maximum absolute atomic E-state index is 5.59. The molecule has 2 aromatic heterocycles. The Kier molecular flexibility index (Phi) is 5.42. The number of hydrogen-bond donors (Lipinski definition) is 2. The number of rotatable bonds is 2. The normalized spacial score (nSPS) is 30.4. The molecule has 8 aliphatic rings. The van der Waals surface area contributed by atoms with Crippen molar-refractivity contribution in [3.8, 4) is 0 Å². The molecule has 0 fully saturated rings. The van der Waals surface area contributed by atoms with Gasteiger partial charge in [-0.2, -0.15) is 0 Å². The molecule has 2 unspecified atom stereocenters. The Morgan fingerprint density at radius 1 is 0.660 bits per heavy atom. The number of nitrogens with one attached hydrogen (secondary N) is 2. The molecule has 2 aromatic carbocycles. The predicted octanol–water partition coefficient (Wildman–Crippen LogP) is 10.7. The van der Waals surface area contributed by atoms with E-state index in [-0.39, 0.29) is 21.7 Å². The van der Waals surface area contributed by atoms with Gasteiger partial charge >= 0.3 is 0 Å². The molecule has 4 bridgehead atoms. The zero-order valence-corrected chi connectivity index (χ0v) is 30.8. The SMILES string of the molecule is CC1(C)CC2=C3C(=C4CCc5ccccc5[C@@]3(C4)c3sc(CC4(C)CC5=C6C(=C7CCc8ccccc8C6(C7)c6scnc6N5)C4)nc3N2)C1. The van der Waals surface area contributed by atoms with E-state index in [0.29, 0.717) is 0 Å². The van der Waals surface area contributed by atoms with Crippen LogP contribution < -0.4 is 10.6 Å². The number of thiazole rings is 2. The molecular formula is C44H42N4S2. The summed E-state index contributed by atoms with van der Waals surface area (Å²) in [7, 11) is 0. The van der Waals surface area contributed by atoms with Gasteiger partial charge in [0, 0.05) is 17.8 Å². The number of nitrogens with zero attached hydrogens (tertiary/aromatic N) is 2. The summed E-state index contributed by atoms with van der Waals surface area (Å²) >= 11 is 3.88. The Hall–Kier alpha value is -3.74. The van der Waals surface area contributed by atoms with Gasteiger partial charge in [-0.1, -0.05) is 80.4 Å². The molecule has 6 aliphatic carbocycles. The molecule has 4 aromatic rings. The van der Waals surface area contributed by atoms with E-state index in [0.717, 1.165) is 69.4 Å². The van der Waals surface area contributed by atoms with E-state index in [1.165, 1.54) is 55.7 Å². The van der Waals surface area contributed by atoms with Crippen LogP contribution >= 0.6 is 22.7 Å². The van der Waals surface area contributed by atoms with Gasteiger partial charge in [0.1, 0.15) is 11.6 Å². The van der Waals surface area contributed by atoms with Crippen LogP contribution in [0.25, 0.3) is 0 Å². The van der Waals surface area contributed by atoms with Gasteiger partial charge in [0.25, 0.3) is 0 Å². The summed E-state index contributed by atoms with van der Waals surface area (Å²) in [5.41, 5.74) is 21.2. The Morgan fingerprint density at radius 3 is 2.00 bits per heavy atom. The summed E-state index contributed by atoms with van der Waals surface area (Å²) in [4.78, 5) is 13.4. The van der Waals surface area contributed by atoms with Crippen molar-refractivity contribution < 1.29 is 0 Å². The van der Waals surface area contributed by atoms with Crippen LogP contribution in [0.1, 0.15) is 109 Å². The Bertz CT molecular complexity index is 2380. The summed E-state index contributed by atoms with van der Waals surface area (Å²) in [6.07, 6.45) is 12.3. The molecule has 6 heteroatoms. The summed E-state index contributed by atoms with van der Waals surface area (Å²) in [6.45, 7) is 7.47. The van der Waals surface area contributed by atoms with E-state index in [9.17, 15) is 0 Å². The van der Waals surface area contributed by atoms with E-state index >= 15 is 0 Å². The molecule has 4 nitrogen and oxygen atoms in total. The average molecular weight is 691 g/mol. The fourth-order valence-corrected chi connectivity index (χ4v) is 14.6. The standard InChI is InChI=1S/C44H42N4S2/c1-41(2)18-28-26-14-12-25-9-5-7-11-31(25)44(17-26)35(28)32(20-41)47-40-38(44)50-34(48-40)22-42(3)19-29-27-15-13-24-8-4-6-10-30(24)43(16-27)36(29)33(21-42)46-39-37(43)49-23-45-39/h4-11,23,46-47H,12-22H2,1-3H3/t42?,43?,44-/m1/s1. The van der Waals surface area contributed by atoms with Crippen molar-refractivity contribution in [3.05, 3.63) is 136 Å². The number of aromatic nitrogens is 2. The van der Waals surface area contributed by atoms with Crippen LogP contribution in [0.4, 0.5) is 11.6 Å². The quantitative estimate of drug-likeness (QED) is 0.220. The molecule has 0 amide bonds. The second-order valence-electron chi connectivity index (χ2n) is 17.8. The topological polar surface area (TPSA) is 49.8 Å². The minimum atomic E-state index is -0.0830. The number of hydrogen-bond acceptors (Lipinski definition) is 6. The first kappa shape index (κ1) is 28.9. The number of fused-ring (bicyclic) bond motifs is 6. The van der Waals surface area contributed by atoms with Gasteiger partial charge in [-0.05, 0) is 120 Å². The van der Waals surface area contributed by atoms with Crippen molar-refractivity contribution >= 4 is 34.3 Å². The van der Waals surface area contributed by atoms with Gasteiger partial charge in [0.15, 0.2) is 0 Å². The molecule has 2 N–H and O–H groups in total. The van der Waals surface area contributed by atoms with Crippen molar-refractivity contribution in [1.29, 1.82) is 0 Å². The Morgan fingerprint density at radius 2 is 1.28 bits per heavy atom. The lowest BCUT2D eigenvalue weighted by atomic mass is 9.62. The van der Waals surface area contributed by atoms with E-state index < -0.39 is 0 Å². The average Bonchev–Trinajstić information content (AvgIpc) is 3.81. The largest absolute Gasteiger partial charge is 0.342 e. The molecule has 0 saturated heterocycles. The maximum Gasteiger partial charge on any atom is 0.146 e. The van der Waals surface area contributed by atoms with E-state index in [1.54, 1.807) is 39.0 Å². The second kappa shape index (κ2) is 9.37. The first-order valence-corrected chi connectivity index (χ1v) is 20.5. The van der Waals surface area contributed by atoms with Gasteiger partial charge in [-0.15, -0.1) is 22.7 Å². The number of aryl methyl sites for hydroxylation is 2. The molecule has 0 radical (unpaired) electrons.